The molecule has 4 heterocycles. The predicted molar refractivity (Wildman–Crippen MR) is 181 cm³/mol. The van der Waals surface area contributed by atoms with Gasteiger partial charge in [-0.1, -0.05) is 54.9 Å². The van der Waals surface area contributed by atoms with Crippen molar-refractivity contribution in [3.63, 3.8) is 0 Å². The number of piperazine rings is 1. The maximum Gasteiger partial charge on any atom is 0.319 e. The van der Waals surface area contributed by atoms with Gasteiger partial charge in [-0.3, -0.25) is 9.78 Å². The first-order chi connectivity index (χ1) is 22.8. The van der Waals surface area contributed by atoms with Gasteiger partial charge in [-0.2, -0.15) is 15.2 Å². The zero-order valence-corrected chi connectivity index (χ0v) is 27.2. The number of hydrogen-bond acceptors (Lipinski definition) is 8. The van der Waals surface area contributed by atoms with Crippen LogP contribution in [0.5, 0.6) is 6.01 Å². The van der Waals surface area contributed by atoms with E-state index in [9.17, 15) is 14.4 Å². The standard InChI is InChI=1S/C36H37ClFN7O2/c1-22(38)35(46)45-18-17-44(20-25(45)14-15-39)34-33-32(41-36(42-34)47-21-26-11-6-16-43(26)2)31(24-7-3-8-24)28(19-40-33)27-12-4-9-23-10-5-13-29(37)30(23)27/h4-5,9-10,12-13,19,24-26H,1,3,6-8,11,14,16-18,20-21H2,2H3. The van der Waals surface area contributed by atoms with E-state index in [2.05, 4.69) is 42.8 Å². The van der Waals surface area contributed by atoms with Gasteiger partial charge < -0.3 is 19.4 Å². The third-order valence-electron chi connectivity index (χ3n) is 10.0. The number of ether oxygens (including phenoxy) is 1. The number of fused-ring (bicyclic) bond motifs is 2. The number of carbonyl (C=O) groups is 1. The Hall–Kier alpha value is -4.33. The predicted octanol–water partition coefficient (Wildman–Crippen LogP) is 6.65. The van der Waals surface area contributed by atoms with Crippen molar-refractivity contribution in [2.24, 2.45) is 0 Å². The molecule has 4 aromatic rings. The van der Waals surface area contributed by atoms with Crippen LogP contribution in [0.2, 0.25) is 5.02 Å². The van der Waals surface area contributed by atoms with Crippen molar-refractivity contribution in [3.8, 4) is 23.2 Å². The van der Waals surface area contributed by atoms with Crippen LogP contribution < -0.4 is 9.64 Å². The number of carbonyl (C=O) groups excluding carboxylic acids is 1. The smallest absolute Gasteiger partial charge is 0.319 e. The van der Waals surface area contributed by atoms with E-state index < -0.39 is 17.8 Å². The molecule has 2 unspecified atom stereocenters. The van der Waals surface area contributed by atoms with Gasteiger partial charge in [0.05, 0.1) is 18.5 Å². The van der Waals surface area contributed by atoms with E-state index >= 15 is 0 Å². The average Bonchev–Trinajstić information content (AvgIpc) is 3.46. The number of pyridine rings is 1. The van der Waals surface area contributed by atoms with Crippen molar-refractivity contribution < 1.29 is 13.9 Å². The molecule has 242 valence electrons. The maximum absolute atomic E-state index is 13.9. The highest BCUT2D eigenvalue weighted by molar-refractivity contribution is 6.36. The molecule has 2 aromatic carbocycles. The molecule has 0 N–H and O–H groups in total. The van der Waals surface area contributed by atoms with Crippen LogP contribution in [0.25, 0.3) is 32.9 Å². The molecule has 2 aromatic heterocycles. The van der Waals surface area contributed by atoms with Crippen LogP contribution in [-0.4, -0.2) is 82.6 Å². The Labute approximate surface area is 278 Å². The molecule has 1 saturated carbocycles. The van der Waals surface area contributed by atoms with Crippen molar-refractivity contribution in [1.82, 2.24) is 24.8 Å². The molecule has 47 heavy (non-hydrogen) atoms. The normalized spacial score (nSPS) is 20.4. The summed E-state index contributed by atoms with van der Waals surface area (Å²) in [6.45, 7) is 5.56. The van der Waals surface area contributed by atoms with Crippen LogP contribution in [0.4, 0.5) is 10.2 Å². The Balaban J connectivity index is 1.38. The minimum atomic E-state index is -1.03. The van der Waals surface area contributed by atoms with Crippen LogP contribution in [0.15, 0.2) is 55.0 Å². The number of likely N-dealkylation sites (tertiary alicyclic amines) is 1. The lowest BCUT2D eigenvalue weighted by Crippen LogP contribution is -2.55. The largest absolute Gasteiger partial charge is 0.462 e. The van der Waals surface area contributed by atoms with Gasteiger partial charge in [0, 0.05) is 47.8 Å². The molecule has 0 radical (unpaired) electrons. The van der Waals surface area contributed by atoms with E-state index in [1.54, 1.807) is 0 Å². The van der Waals surface area contributed by atoms with E-state index in [0.29, 0.717) is 29.5 Å². The lowest BCUT2D eigenvalue weighted by Gasteiger charge is -2.41. The number of aromatic nitrogens is 3. The molecule has 7 rings (SSSR count). The van der Waals surface area contributed by atoms with Gasteiger partial charge in [0.1, 0.15) is 17.6 Å². The second-order valence-corrected chi connectivity index (χ2v) is 13.2. The van der Waals surface area contributed by atoms with E-state index in [1.807, 2.05) is 29.3 Å². The fraction of sp³-hybridized carbons (Fsp3) is 0.417. The molecule has 2 atom stereocenters. The summed E-state index contributed by atoms with van der Waals surface area (Å²) >= 11 is 6.81. The Morgan fingerprint density at radius 2 is 1.87 bits per heavy atom. The summed E-state index contributed by atoms with van der Waals surface area (Å²) in [5, 5.41) is 12.3. The summed E-state index contributed by atoms with van der Waals surface area (Å²) in [6.07, 6.45) is 7.32. The van der Waals surface area contributed by atoms with Gasteiger partial charge in [0.25, 0.3) is 5.91 Å². The third-order valence-corrected chi connectivity index (χ3v) is 10.4. The fourth-order valence-electron chi connectivity index (χ4n) is 7.30. The first-order valence-electron chi connectivity index (χ1n) is 16.3. The van der Waals surface area contributed by atoms with E-state index in [4.69, 9.17) is 31.3 Å². The van der Waals surface area contributed by atoms with Crippen LogP contribution >= 0.6 is 11.6 Å². The molecular formula is C36H37ClFN7O2. The summed E-state index contributed by atoms with van der Waals surface area (Å²) in [5.41, 5.74) is 4.48. The molecule has 0 spiro atoms. The van der Waals surface area contributed by atoms with Crippen molar-refractivity contribution >= 4 is 45.1 Å². The van der Waals surface area contributed by atoms with E-state index in [1.165, 1.54) is 4.90 Å². The van der Waals surface area contributed by atoms with Crippen LogP contribution in [0.1, 0.15) is 50.0 Å². The first-order valence-corrected chi connectivity index (χ1v) is 16.7. The highest BCUT2D eigenvalue weighted by Crippen LogP contribution is 2.47. The second-order valence-electron chi connectivity index (χ2n) is 12.8. The average molecular weight is 654 g/mol. The molecule has 11 heteroatoms. The van der Waals surface area contributed by atoms with Crippen molar-refractivity contribution in [3.05, 3.63) is 65.6 Å². The molecule has 2 aliphatic heterocycles. The summed E-state index contributed by atoms with van der Waals surface area (Å²) in [7, 11) is 2.11. The Morgan fingerprint density at radius 3 is 2.57 bits per heavy atom. The first kappa shape index (κ1) is 31.3. The fourth-order valence-corrected chi connectivity index (χ4v) is 7.58. The van der Waals surface area contributed by atoms with Crippen LogP contribution in [-0.2, 0) is 4.79 Å². The molecule has 3 aliphatic rings. The van der Waals surface area contributed by atoms with E-state index in [0.717, 1.165) is 71.6 Å². The summed E-state index contributed by atoms with van der Waals surface area (Å²) < 4.78 is 20.3. The minimum Gasteiger partial charge on any atom is -0.462 e. The van der Waals surface area contributed by atoms with Gasteiger partial charge in [-0.15, -0.1) is 0 Å². The summed E-state index contributed by atoms with van der Waals surface area (Å²) in [4.78, 5) is 33.4. The quantitative estimate of drug-likeness (QED) is 0.195. The van der Waals surface area contributed by atoms with Crippen molar-refractivity contribution in [2.45, 2.75) is 56.5 Å². The number of nitrogens with zero attached hydrogens (tertiary/aromatic N) is 7. The lowest BCUT2D eigenvalue weighted by atomic mass is 9.76. The monoisotopic (exact) mass is 653 g/mol. The zero-order chi connectivity index (χ0) is 32.7. The number of rotatable bonds is 8. The SMILES string of the molecule is C=C(F)C(=O)N1CCN(c2nc(OCC3CCCN3C)nc3c(C4CCC4)c(-c4cccc5cccc(Cl)c45)cnc23)CC1CC#N. The highest BCUT2D eigenvalue weighted by Gasteiger charge is 2.35. The number of benzene rings is 2. The van der Waals surface area contributed by atoms with Crippen molar-refractivity contribution in [1.29, 1.82) is 5.26 Å². The summed E-state index contributed by atoms with van der Waals surface area (Å²) in [6, 6.07) is 14.3. The van der Waals surface area contributed by atoms with Gasteiger partial charge in [0.2, 0.25) is 0 Å². The highest BCUT2D eigenvalue weighted by atomic mass is 35.5. The van der Waals surface area contributed by atoms with Crippen LogP contribution in [0.3, 0.4) is 0 Å². The minimum absolute atomic E-state index is 0.0443. The van der Waals surface area contributed by atoms with Crippen molar-refractivity contribution in [2.75, 3.05) is 44.7 Å². The van der Waals surface area contributed by atoms with Gasteiger partial charge in [-0.05, 0) is 67.8 Å². The lowest BCUT2D eigenvalue weighted by molar-refractivity contribution is -0.131. The Kier molecular flexibility index (Phi) is 8.69. The number of likely N-dealkylation sites (N-methyl/N-ethyl adjacent to an activating group) is 1. The molecular weight excluding hydrogens is 617 g/mol. The number of halogens is 2. The molecule has 1 amide bonds. The molecule has 2 saturated heterocycles. The molecule has 3 fully saturated rings. The zero-order valence-electron chi connectivity index (χ0n) is 26.5. The van der Waals surface area contributed by atoms with Gasteiger partial charge >= 0.3 is 6.01 Å². The Bertz CT molecular complexity index is 1900. The third kappa shape index (κ3) is 5.87. The number of amides is 1. The molecule has 0 bridgehead atoms. The Morgan fingerprint density at radius 1 is 1.06 bits per heavy atom. The maximum atomic E-state index is 13.9. The van der Waals surface area contributed by atoms with Gasteiger partial charge in [-0.25, -0.2) is 4.39 Å². The van der Waals surface area contributed by atoms with Crippen LogP contribution in [0, 0.1) is 11.3 Å². The molecule has 1 aliphatic carbocycles. The number of anilines is 1. The second kappa shape index (κ2) is 13.1. The molecule has 9 nitrogen and oxygen atoms in total. The topological polar surface area (TPSA) is 98.5 Å². The summed E-state index contributed by atoms with van der Waals surface area (Å²) in [5.74, 6) is -0.955. The number of nitriles is 1. The van der Waals surface area contributed by atoms with E-state index in [-0.39, 0.29) is 37.5 Å². The van der Waals surface area contributed by atoms with Gasteiger partial charge in [0.15, 0.2) is 11.6 Å². The number of hydrogen-bond donors (Lipinski definition) is 0.